The number of amides is 2. The van der Waals surface area contributed by atoms with Gasteiger partial charge in [-0.05, 0) is 37.7 Å². The first-order chi connectivity index (χ1) is 14.9. The number of thiophene rings is 1. The van der Waals surface area contributed by atoms with Crippen LogP contribution in [0.15, 0.2) is 9.95 Å². The molecular formula is C22H30N4O3S2. The maximum atomic E-state index is 12.8. The topological polar surface area (TPSA) is 86.4 Å². The molecule has 7 nitrogen and oxygen atoms in total. The molecule has 1 atom stereocenters. The number of carbonyl (C=O) groups is 2. The number of nitrogens with zero attached hydrogens (tertiary/aromatic N) is 3. The Labute approximate surface area is 190 Å². The lowest BCUT2D eigenvalue weighted by Crippen LogP contribution is -2.51. The lowest BCUT2D eigenvalue weighted by Gasteiger charge is -2.34. The van der Waals surface area contributed by atoms with E-state index >= 15 is 0 Å². The number of carbonyl (C=O) groups excluding carboxylic acids is 2. The molecule has 1 unspecified atom stereocenters. The molecule has 168 valence electrons. The fourth-order valence-electron chi connectivity index (χ4n) is 3.95. The Balaban J connectivity index is 1.37. The monoisotopic (exact) mass is 462 g/mol. The predicted octanol–water partition coefficient (Wildman–Crippen LogP) is 3.05. The second-order valence-corrected chi connectivity index (χ2v) is 10.8. The van der Waals surface area contributed by atoms with Crippen molar-refractivity contribution in [3.8, 4) is 0 Å². The lowest BCUT2D eigenvalue weighted by atomic mass is 9.98. The molecule has 2 aliphatic rings. The van der Waals surface area contributed by atoms with Gasteiger partial charge in [0, 0.05) is 37.0 Å². The van der Waals surface area contributed by atoms with Crippen molar-refractivity contribution in [2.45, 2.75) is 51.6 Å². The third-order valence-corrected chi connectivity index (χ3v) is 8.19. The van der Waals surface area contributed by atoms with Crippen LogP contribution < -0.4 is 5.56 Å². The molecule has 4 rings (SSSR count). The summed E-state index contributed by atoms with van der Waals surface area (Å²) in [7, 11) is 0. The number of H-pyrrole nitrogens is 1. The average Bonchev–Trinajstić information content (AvgIpc) is 3.56. The third-order valence-electron chi connectivity index (χ3n) is 6.29. The van der Waals surface area contributed by atoms with Gasteiger partial charge in [-0.2, -0.15) is 0 Å². The number of piperazine rings is 1. The van der Waals surface area contributed by atoms with Gasteiger partial charge in [-0.25, -0.2) is 4.98 Å². The van der Waals surface area contributed by atoms with Crippen LogP contribution in [0.4, 0.5) is 0 Å². The molecule has 0 radical (unpaired) electrons. The van der Waals surface area contributed by atoms with Gasteiger partial charge >= 0.3 is 0 Å². The van der Waals surface area contributed by atoms with E-state index in [1.165, 1.54) is 11.8 Å². The van der Waals surface area contributed by atoms with E-state index in [0.29, 0.717) is 42.6 Å². The predicted molar refractivity (Wildman–Crippen MR) is 125 cm³/mol. The van der Waals surface area contributed by atoms with Gasteiger partial charge in [-0.15, -0.1) is 11.3 Å². The minimum Gasteiger partial charge on any atom is -0.339 e. The summed E-state index contributed by atoms with van der Waals surface area (Å²) in [5.41, 5.74) is 0.990. The smallest absolute Gasteiger partial charge is 0.260 e. The Morgan fingerprint density at radius 1 is 1.23 bits per heavy atom. The van der Waals surface area contributed by atoms with E-state index in [4.69, 9.17) is 0 Å². The molecule has 31 heavy (non-hydrogen) atoms. The van der Waals surface area contributed by atoms with Crippen molar-refractivity contribution in [1.29, 1.82) is 0 Å². The highest BCUT2D eigenvalue weighted by Gasteiger charge is 2.35. The number of fused-ring (bicyclic) bond motifs is 1. The third kappa shape index (κ3) is 4.98. The van der Waals surface area contributed by atoms with Crippen molar-refractivity contribution in [2.75, 3.05) is 31.9 Å². The molecule has 0 aromatic carbocycles. The molecule has 2 aromatic heterocycles. The Morgan fingerprint density at radius 3 is 2.55 bits per heavy atom. The van der Waals surface area contributed by atoms with Crippen LogP contribution >= 0.6 is 23.1 Å². The molecule has 1 saturated heterocycles. The summed E-state index contributed by atoms with van der Waals surface area (Å²) in [6.07, 6.45) is 3.97. The van der Waals surface area contributed by atoms with Crippen molar-refractivity contribution in [3.63, 3.8) is 0 Å². The van der Waals surface area contributed by atoms with Crippen LogP contribution in [0, 0.1) is 18.8 Å². The van der Waals surface area contributed by atoms with Gasteiger partial charge < -0.3 is 14.8 Å². The summed E-state index contributed by atoms with van der Waals surface area (Å²) in [5, 5.41) is 1.19. The molecule has 2 aromatic rings. The fourth-order valence-corrected chi connectivity index (χ4v) is 5.82. The van der Waals surface area contributed by atoms with Crippen LogP contribution in [0.25, 0.3) is 10.2 Å². The summed E-state index contributed by atoms with van der Waals surface area (Å²) >= 11 is 2.83. The van der Waals surface area contributed by atoms with E-state index in [1.807, 2.05) is 11.8 Å². The maximum Gasteiger partial charge on any atom is 0.260 e. The highest BCUT2D eigenvalue weighted by molar-refractivity contribution is 7.99. The van der Waals surface area contributed by atoms with Crippen LogP contribution in [0.3, 0.4) is 0 Å². The molecule has 9 heteroatoms. The number of hydrogen-bond acceptors (Lipinski definition) is 6. The quantitative estimate of drug-likeness (QED) is 0.505. The summed E-state index contributed by atoms with van der Waals surface area (Å²) in [4.78, 5) is 50.7. The van der Waals surface area contributed by atoms with E-state index in [0.717, 1.165) is 41.0 Å². The molecule has 1 aliphatic carbocycles. The first-order valence-electron chi connectivity index (χ1n) is 11.1. The minimum absolute atomic E-state index is 0.0195. The van der Waals surface area contributed by atoms with Gasteiger partial charge in [0.2, 0.25) is 11.8 Å². The molecule has 2 fully saturated rings. The molecule has 2 amide bonds. The van der Waals surface area contributed by atoms with Gasteiger partial charge in [-0.3, -0.25) is 14.4 Å². The van der Waals surface area contributed by atoms with E-state index in [9.17, 15) is 14.4 Å². The summed E-state index contributed by atoms with van der Waals surface area (Å²) < 4.78 is 0. The first-order valence-corrected chi connectivity index (χ1v) is 12.9. The maximum absolute atomic E-state index is 12.8. The second-order valence-electron chi connectivity index (χ2n) is 8.67. The highest BCUT2D eigenvalue weighted by Crippen LogP contribution is 2.32. The first kappa shape index (κ1) is 22.3. The Hall–Kier alpha value is -1.87. The van der Waals surface area contributed by atoms with Gasteiger partial charge in [0.1, 0.15) is 4.83 Å². The van der Waals surface area contributed by atoms with Gasteiger partial charge in [-0.1, -0.05) is 32.0 Å². The molecule has 0 bridgehead atoms. The Morgan fingerprint density at radius 2 is 1.90 bits per heavy atom. The molecule has 3 heterocycles. The number of aromatic amines is 1. The number of hydrogen-bond donors (Lipinski definition) is 1. The Kier molecular flexibility index (Phi) is 6.71. The largest absolute Gasteiger partial charge is 0.339 e. The zero-order chi connectivity index (χ0) is 22.1. The molecule has 1 N–H and O–H groups in total. The summed E-state index contributed by atoms with van der Waals surface area (Å²) in [6.45, 7) is 8.78. The van der Waals surface area contributed by atoms with Crippen molar-refractivity contribution in [3.05, 3.63) is 20.8 Å². The SMILES string of the molecule is CCC(C)Cc1c(C)sc2nc(SCC(=O)N3CCN(C(=O)C4CC4)CC3)[nH]c(=O)c12. The Bertz CT molecular complexity index is 1040. The average molecular weight is 463 g/mol. The minimum atomic E-state index is -0.116. The zero-order valence-corrected chi connectivity index (χ0v) is 20.0. The van der Waals surface area contributed by atoms with E-state index in [2.05, 4.69) is 23.8 Å². The zero-order valence-electron chi connectivity index (χ0n) is 18.4. The van der Waals surface area contributed by atoms with Crippen LogP contribution in [0.1, 0.15) is 43.6 Å². The molecule has 1 aliphatic heterocycles. The van der Waals surface area contributed by atoms with Crippen LogP contribution in [-0.4, -0.2) is 63.5 Å². The van der Waals surface area contributed by atoms with Crippen molar-refractivity contribution in [2.24, 2.45) is 11.8 Å². The standard InChI is InChI=1S/C22H30N4O3S2/c1-4-13(2)11-16-14(3)31-20-18(16)19(28)23-22(24-20)30-12-17(27)25-7-9-26(10-8-25)21(29)15-5-6-15/h13,15H,4-12H2,1-3H3,(H,23,24,28). The van der Waals surface area contributed by atoms with Crippen molar-refractivity contribution in [1.82, 2.24) is 19.8 Å². The molecule has 0 spiro atoms. The molecule has 1 saturated carbocycles. The summed E-state index contributed by atoms with van der Waals surface area (Å²) in [6, 6.07) is 0. The van der Waals surface area contributed by atoms with E-state index in [-0.39, 0.29) is 29.0 Å². The lowest BCUT2D eigenvalue weighted by molar-refractivity contribution is -0.139. The number of aryl methyl sites for hydroxylation is 1. The summed E-state index contributed by atoms with van der Waals surface area (Å²) in [5.74, 6) is 1.24. The van der Waals surface area contributed by atoms with E-state index in [1.54, 1.807) is 16.2 Å². The number of aromatic nitrogens is 2. The van der Waals surface area contributed by atoms with Crippen molar-refractivity contribution >= 4 is 45.1 Å². The van der Waals surface area contributed by atoms with Crippen LogP contribution in [0.5, 0.6) is 0 Å². The van der Waals surface area contributed by atoms with Gasteiger partial charge in [0.25, 0.3) is 5.56 Å². The number of thioether (sulfide) groups is 1. The van der Waals surface area contributed by atoms with Crippen molar-refractivity contribution < 1.29 is 9.59 Å². The number of rotatable bonds is 7. The van der Waals surface area contributed by atoms with Gasteiger partial charge in [0.15, 0.2) is 5.16 Å². The number of nitrogens with one attached hydrogen (secondary N) is 1. The van der Waals surface area contributed by atoms with Crippen LogP contribution in [0.2, 0.25) is 0 Å². The highest BCUT2D eigenvalue weighted by atomic mass is 32.2. The fraction of sp³-hybridized carbons (Fsp3) is 0.636. The van der Waals surface area contributed by atoms with E-state index < -0.39 is 0 Å². The normalized spacial score (nSPS) is 17.9. The molecular weight excluding hydrogens is 432 g/mol. The van der Waals surface area contributed by atoms with Crippen LogP contribution in [-0.2, 0) is 16.0 Å². The van der Waals surface area contributed by atoms with Gasteiger partial charge in [0.05, 0.1) is 11.1 Å². The second kappa shape index (κ2) is 9.32.